The number of rotatable bonds is 7. The van der Waals surface area contributed by atoms with Crippen LogP contribution in [0.5, 0.6) is 11.5 Å². The van der Waals surface area contributed by atoms with Gasteiger partial charge >= 0.3 is 0 Å². The van der Waals surface area contributed by atoms with Gasteiger partial charge in [0.1, 0.15) is 5.82 Å². The predicted molar refractivity (Wildman–Crippen MR) is 309 cm³/mol. The van der Waals surface area contributed by atoms with Gasteiger partial charge in [0.2, 0.25) is 0 Å². The fourth-order valence-corrected chi connectivity index (χ4v) is 10.9. The average molecular weight is 1160 g/mol. The molecule has 5 nitrogen and oxygen atoms in total. The van der Waals surface area contributed by atoms with E-state index < -0.39 is 0 Å². The minimum Gasteiger partial charge on any atom is -0.509 e. The van der Waals surface area contributed by atoms with Crippen LogP contribution >= 0.6 is 0 Å². The van der Waals surface area contributed by atoms with Gasteiger partial charge < -0.3 is 19.1 Å². The quantitative estimate of drug-likeness (QED) is 0.149. The number of anilines is 4. The first-order chi connectivity index (χ1) is 34.4. The van der Waals surface area contributed by atoms with Gasteiger partial charge in [0, 0.05) is 72.5 Å². The Kier molecular flexibility index (Phi) is 13.5. The van der Waals surface area contributed by atoms with Gasteiger partial charge in [0.15, 0.2) is 0 Å². The Hall–Kier alpha value is -6.42. The van der Waals surface area contributed by atoms with E-state index >= 15 is 0 Å². The summed E-state index contributed by atoms with van der Waals surface area (Å²) in [5.74, 6) is 2.08. The summed E-state index contributed by atoms with van der Waals surface area (Å²) in [7, 11) is 0. The first-order valence-corrected chi connectivity index (χ1v) is 26.0. The molecule has 0 aliphatic carbocycles. The van der Waals surface area contributed by atoms with Gasteiger partial charge in [-0.3, -0.25) is 0 Å². The van der Waals surface area contributed by atoms with Crippen molar-refractivity contribution in [3.8, 4) is 39.6 Å². The largest absolute Gasteiger partial charge is 0.509 e. The van der Waals surface area contributed by atoms with Crippen LogP contribution in [0.25, 0.3) is 49.9 Å². The molecule has 0 fully saturated rings. The van der Waals surface area contributed by atoms with Crippen LogP contribution in [0.3, 0.4) is 0 Å². The Balaban J connectivity index is 0.00000672. The van der Waals surface area contributed by atoms with Crippen molar-refractivity contribution in [2.24, 2.45) is 0 Å². The number of nitrogens with zero attached hydrogens (tertiary/aromatic N) is 4. The maximum atomic E-state index is 6.99. The molecule has 3 heterocycles. The summed E-state index contributed by atoms with van der Waals surface area (Å²) < 4.78 is 9.21. The van der Waals surface area contributed by atoms with Gasteiger partial charge in [-0.1, -0.05) is 200 Å². The molecule has 0 amide bonds. The second-order valence-corrected chi connectivity index (χ2v) is 25.1. The number of hydrogen-bond donors (Lipinski definition) is 0. The summed E-state index contributed by atoms with van der Waals surface area (Å²) >= 11 is 0. The van der Waals surface area contributed by atoms with Crippen molar-refractivity contribution in [1.29, 1.82) is 0 Å². The molecule has 0 saturated heterocycles. The zero-order chi connectivity index (χ0) is 52.0. The topological polar surface area (TPSA) is 33.5 Å². The second-order valence-electron chi connectivity index (χ2n) is 25.1. The third-order valence-electron chi connectivity index (χ3n) is 14.3. The smallest absolute Gasteiger partial charge is 0.135 e. The molecule has 0 N–H and O–H groups in total. The molecule has 6 heteroatoms. The Bertz CT molecular complexity index is 3460. The molecule has 0 saturated carbocycles. The summed E-state index contributed by atoms with van der Waals surface area (Å²) in [6, 6.07) is 59.9. The molecule has 0 radical (unpaired) electrons. The molecule has 0 bridgehead atoms. The van der Waals surface area contributed by atoms with Gasteiger partial charge in [-0.15, -0.1) is 53.6 Å². The van der Waals surface area contributed by atoms with Crippen LogP contribution in [-0.4, -0.2) is 9.55 Å². The van der Waals surface area contributed by atoms with E-state index in [9.17, 15) is 0 Å². The van der Waals surface area contributed by atoms with E-state index in [-0.39, 0.29) is 48.1 Å². The summed E-state index contributed by atoms with van der Waals surface area (Å²) in [5, 5.41) is 2.23. The van der Waals surface area contributed by atoms with E-state index in [0.717, 1.165) is 50.2 Å². The third kappa shape index (κ3) is 9.62. The van der Waals surface area contributed by atoms with Crippen LogP contribution in [0, 0.1) is 18.8 Å². The van der Waals surface area contributed by atoms with Crippen molar-refractivity contribution in [3.05, 3.63) is 198 Å². The molecule has 382 valence electrons. The SMILES string of the molecule is CC(C)(C)c1cc(Oc2[c-]c3c(cc2)c2ccccc2n3-c2cc(C(C)(C)C)ccn2)[c-]c(N2[CH-]N(c3c(-c4ccccc4)c(C(C)(C)C)c(C(C)(C)C)c(C(C)(C)C)c3-c3ccccc3)c3ccccc32)c1.[Pt]. The average Bonchev–Trinajstić information content (AvgIpc) is 3.88. The molecule has 1 aliphatic rings. The minimum atomic E-state index is -0.223. The zero-order valence-corrected chi connectivity index (χ0v) is 48.3. The van der Waals surface area contributed by atoms with Crippen molar-refractivity contribution in [2.45, 2.75) is 131 Å². The predicted octanol–water partition coefficient (Wildman–Crippen LogP) is 18.8. The monoisotopic (exact) mass is 1150 g/mol. The molecule has 2 aromatic heterocycles. The Morgan fingerprint density at radius 1 is 0.459 bits per heavy atom. The van der Waals surface area contributed by atoms with Crippen molar-refractivity contribution in [3.63, 3.8) is 0 Å². The van der Waals surface area contributed by atoms with Crippen molar-refractivity contribution < 1.29 is 25.8 Å². The molecule has 0 spiro atoms. The molecule has 7 aromatic carbocycles. The summed E-state index contributed by atoms with van der Waals surface area (Å²) in [5.41, 5.74) is 16.7. The zero-order valence-electron chi connectivity index (χ0n) is 46.0. The first-order valence-electron chi connectivity index (χ1n) is 26.0. The minimum absolute atomic E-state index is 0. The Morgan fingerprint density at radius 2 is 0.986 bits per heavy atom. The normalized spacial score (nSPS) is 13.4. The summed E-state index contributed by atoms with van der Waals surface area (Å²) in [6.45, 7) is 37.3. The first kappa shape index (κ1) is 52.4. The number of hydrogen-bond acceptors (Lipinski definition) is 4. The molecule has 0 unspecified atom stereocenters. The number of aromatic nitrogens is 2. The van der Waals surface area contributed by atoms with Gasteiger partial charge in [-0.05, 0) is 96.2 Å². The van der Waals surface area contributed by atoms with E-state index in [2.05, 4.69) is 277 Å². The molecule has 74 heavy (non-hydrogen) atoms. The van der Waals surface area contributed by atoms with Gasteiger partial charge in [-0.25, -0.2) is 4.98 Å². The third-order valence-corrected chi connectivity index (χ3v) is 14.3. The Labute approximate surface area is 455 Å². The van der Waals surface area contributed by atoms with Crippen molar-refractivity contribution in [2.75, 3.05) is 9.80 Å². The second kappa shape index (κ2) is 19.1. The molecule has 9 aromatic rings. The van der Waals surface area contributed by atoms with Crippen LogP contribution in [0.1, 0.15) is 132 Å². The number of pyridine rings is 1. The molecular weight excluding hydrogens is 1080 g/mol. The molecule has 10 rings (SSSR count). The van der Waals surface area contributed by atoms with Crippen LogP contribution < -0.4 is 14.5 Å². The van der Waals surface area contributed by atoms with E-state index in [4.69, 9.17) is 9.72 Å². The summed E-state index contributed by atoms with van der Waals surface area (Å²) in [4.78, 5) is 9.71. The number of para-hydroxylation sites is 3. The molecule has 1 aliphatic heterocycles. The van der Waals surface area contributed by atoms with Crippen LogP contribution in [0.15, 0.2) is 152 Å². The van der Waals surface area contributed by atoms with Crippen LogP contribution in [0.2, 0.25) is 0 Å². The Morgan fingerprint density at radius 3 is 1.54 bits per heavy atom. The van der Waals surface area contributed by atoms with E-state index in [1.807, 2.05) is 12.3 Å². The van der Waals surface area contributed by atoms with Gasteiger partial charge in [0.25, 0.3) is 0 Å². The fourth-order valence-electron chi connectivity index (χ4n) is 10.9. The van der Waals surface area contributed by atoms with Crippen LogP contribution in [-0.2, 0) is 48.1 Å². The van der Waals surface area contributed by atoms with E-state index in [1.54, 1.807) is 0 Å². The number of fused-ring (bicyclic) bond motifs is 4. The molecular formula is C68H71N4OPt-3. The van der Waals surface area contributed by atoms with Crippen molar-refractivity contribution in [1.82, 2.24) is 9.55 Å². The molecule has 0 atom stereocenters. The van der Waals surface area contributed by atoms with Gasteiger partial charge in [0.05, 0.1) is 0 Å². The van der Waals surface area contributed by atoms with E-state index in [0.29, 0.717) is 11.5 Å². The van der Waals surface area contributed by atoms with E-state index in [1.165, 1.54) is 50.2 Å². The maximum Gasteiger partial charge on any atom is 0.135 e. The number of benzene rings is 7. The van der Waals surface area contributed by atoms with Crippen molar-refractivity contribution >= 4 is 44.6 Å². The van der Waals surface area contributed by atoms with Gasteiger partial charge in [-0.2, -0.15) is 6.07 Å². The number of ether oxygens (including phenoxy) is 1. The maximum absolute atomic E-state index is 6.99. The fraction of sp³-hybridized carbons (Fsp3) is 0.294. The summed E-state index contributed by atoms with van der Waals surface area (Å²) in [6.07, 6.45) is 1.92. The standard InChI is InChI=1S/C68H71N4O.Pt/c1-64(2,3)46-36-37-69-57(40-46)72-53-31-23-22-30-51(53)52-35-34-49(42-56(52)72)73-50-39-47(65(4,5)6)38-48(41-50)70-43-71(55-33-25-24-32-54(55)70)63-58(44-26-18-16-19-27-44)60(66(7,8)9)62(68(13,14)15)61(67(10,11)12)59(63)45-28-20-17-21-29-45;/h16-40,43H,1-15H3;/q-3;. The van der Waals surface area contributed by atoms with Crippen LogP contribution in [0.4, 0.5) is 22.7 Å².